The van der Waals surface area contributed by atoms with Crippen LogP contribution in [0.4, 0.5) is 17.3 Å². The van der Waals surface area contributed by atoms with E-state index in [0.29, 0.717) is 89.9 Å². The Hall–Kier alpha value is -5.90. The van der Waals surface area contributed by atoms with Crippen LogP contribution in [0.5, 0.6) is 0 Å². The van der Waals surface area contributed by atoms with Gasteiger partial charge in [0.2, 0.25) is 29.5 Å². The second-order valence-electron chi connectivity index (χ2n) is 22.4. The van der Waals surface area contributed by atoms with Gasteiger partial charge in [0, 0.05) is 93.2 Å². The van der Waals surface area contributed by atoms with Crippen LogP contribution in [0.1, 0.15) is 133 Å². The third kappa shape index (κ3) is 8.54. The molecule has 16 heteroatoms. The smallest absolute Gasteiger partial charge is 0.238 e. The first kappa shape index (κ1) is 46.2. The number of benzene rings is 1. The fourth-order valence-corrected chi connectivity index (χ4v) is 13.2. The lowest BCUT2D eigenvalue weighted by atomic mass is 9.73. The molecule has 12 rings (SSSR count). The average molecular weight is 964 g/mol. The third-order valence-corrected chi connectivity index (χ3v) is 17.7. The first-order chi connectivity index (χ1) is 34.5. The maximum Gasteiger partial charge on any atom is 0.238 e. The lowest BCUT2D eigenvalue weighted by molar-refractivity contribution is -0.145. The molecule has 2 atom stereocenters. The average Bonchev–Trinajstić information content (AvgIpc) is 4.05. The summed E-state index contributed by atoms with van der Waals surface area (Å²) in [7, 11) is 0. The van der Waals surface area contributed by atoms with Crippen molar-refractivity contribution in [3.63, 3.8) is 0 Å². The largest absolute Gasteiger partial charge is 0.366 e. The molecular weight excluding hydrogens is 895 g/mol. The zero-order valence-electron chi connectivity index (χ0n) is 41.5. The Labute approximate surface area is 416 Å². The molecule has 5 saturated heterocycles. The second-order valence-corrected chi connectivity index (χ2v) is 22.4. The number of aromatic nitrogens is 4. The summed E-state index contributed by atoms with van der Waals surface area (Å²) in [5.41, 5.74) is 5.98. The molecule has 3 aromatic heterocycles. The summed E-state index contributed by atoms with van der Waals surface area (Å²) in [5.74, 6) is 0.897. The number of imide groups is 1. The molecule has 2 unspecified atom stereocenters. The Balaban J connectivity index is 0.719. The summed E-state index contributed by atoms with van der Waals surface area (Å²) in [6, 6.07) is 13.8. The van der Waals surface area contributed by atoms with Gasteiger partial charge in [-0.3, -0.25) is 29.3 Å². The fraction of sp³-hybridized carbons (Fsp3) is 0.600. The molecule has 4 aromatic rings. The molecule has 5 amide bonds. The lowest BCUT2D eigenvalue weighted by Crippen LogP contribution is -2.58. The minimum absolute atomic E-state index is 0.107. The Bertz CT molecular complexity index is 2720. The number of anilines is 3. The van der Waals surface area contributed by atoms with Crippen LogP contribution in [0.3, 0.4) is 0 Å². The summed E-state index contributed by atoms with van der Waals surface area (Å²) in [6.07, 6.45) is 16.7. The number of imidazole rings is 1. The van der Waals surface area contributed by atoms with E-state index in [2.05, 4.69) is 73.0 Å². The number of amides is 5. The SMILES string of the molecule is CC(C)n1cnc2cc(-c3ccc4c(c3)N([C@H]3C[C@@H](N5CCCCC5)C3)C(=O)C43CCN(C(=O)C4CCCN(C(=O)C5CCN(c6ccc(C7CCC(=O)NC7=O)cn6)CC5)C4)CC3)nc(NC3CC3)c21. The van der Waals surface area contributed by atoms with Crippen LogP contribution in [0, 0.1) is 11.8 Å². The predicted molar refractivity (Wildman–Crippen MR) is 271 cm³/mol. The van der Waals surface area contributed by atoms with E-state index in [1.807, 2.05) is 28.3 Å². The molecular formula is C55H69N11O5. The van der Waals surface area contributed by atoms with Crippen LogP contribution in [-0.4, -0.2) is 134 Å². The summed E-state index contributed by atoms with van der Waals surface area (Å²) in [6.45, 7) is 10.2. The molecule has 2 aliphatic carbocycles. The van der Waals surface area contributed by atoms with Crippen molar-refractivity contribution in [2.24, 2.45) is 11.8 Å². The Kier molecular flexibility index (Phi) is 12.1. The van der Waals surface area contributed by atoms with Gasteiger partial charge in [-0.05, 0) is 140 Å². The van der Waals surface area contributed by atoms with E-state index in [1.165, 1.54) is 19.3 Å². The van der Waals surface area contributed by atoms with Crippen LogP contribution in [0.25, 0.3) is 22.3 Å². The van der Waals surface area contributed by atoms with E-state index in [1.54, 1.807) is 6.20 Å². The zero-order chi connectivity index (χ0) is 48.5. The molecule has 8 aliphatic rings. The quantitative estimate of drug-likeness (QED) is 0.166. The molecule has 16 nitrogen and oxygen atoms in total. The van der Waals surface area contributed by atoms with Crippen molar-refractivity contribution in [1.29, 1.82) is 0 Å². The Morgan fingerprint density at radius 3 is 2.27 bits per heavy atom. The summed E-state index contributed by atoms with van der Waals surface area (Å²) < 4.78 is 2.20. The van der Waals surface area contributed by atoms with Gasteiger partial charge in [-0.1, -0.05) is 24.6 Å². The summed E-state index contributed by atoms with van der Waals surface area (Å²) >= 11 is 0. The van der Waals surface area contributed by atoms with Gasteiger partial charge in [0.25, 0.3) is 0 Å². The number of nitrogens with one attached hydrogen (secondary N) is 2. The molecule has 2 N–H and O–H groups in total. The number of carbonyl (C=O) groups excluding carboxylic acids is 5. The van der Waals surface area contributed by atoms with Crippen molar-refractivity contribution in [2.75, 3.05) is 67.5 Å². The minimum atomic E-state index is -0.693. The molecule has 1 spiro atoms. The maximum atomic E-state index is 15.3. The zero-order valence-corrected chi connectivity index (χ0v) is 41.5. The third-order valence-electron chi connectivity index (χ3n) is 17.7. The van der Waals surface area contributed by atoms with E-state index >= 15 is 4.79 Å². The highest BCUT2D eigenvalue weighted by Gasteiger charge is 2.56. The topological polar surface area (TPSA) is 169 Å². The number of fused-ring (bicyclic) bond motifs is 3. The number of nitrogens with zero attached hydrogens (tertiary/aromatic N) is 9. The van der Waals surface area contributed by atoms with Crippen molar-refractivity contribution in [2.45, 2.75) is 146 Å². The summed E-state index contributed by atoms with van der Waals surface area (Å²) in [5, 5.41) is 6.13. The van der Waals surface area contributed by atoms with Gasteiger partial charge in [-0.15, -0.1) is 0 Å². The van der Waals surface area contributed by atoms with Gasteiger partial charge in [0.1, 0.15) is 11.3 Å². The van der Waals surface area contributed by atoms with Crippen molar-refractivity contribution >= 4 is 57.9 Å². The van der Waals surface area contributed by atoms with Crippen LogP contribution in [0.15, 0.2) is 48.9 Å². The Morgan fingerprint density at radius 2 is 1.55 bits per heavy atom. The highest BCUT2D eigenvalue weighted by Crippen LogP contribution is 2.52. The van der Waals surface area contributed by atoms with Gasteiger partial charge in [-0.25, -0.2) is 15.0 Å². The lowest BCUT2D eigenvalue weighted by Gasteiger charge is -2.48. The van der Waals surface area contributed by atoms with E-state index in [4.69, 9.17) is 9.97 Å². The molecule has 1 aromatic carbocycles. The maximum absolute atomic E-state index is 15.3. The van der Waals surface area contributed by atoms with E-state index in [-0.39, 0.29) is 59.4 Å². The van der Waals surface area contributed by atoms with Crippen LogP contribution < -0.4 is 20.4 Å². The number of carbonyl (C=O) groups is 5. The van der Waals surface area contributed by atoms with Gasteiger partial charge < -0.3 is 34.4 Å². The summed E-state index contributed by atoms with van der Waals surface area (Å²) in [4.78, 5) is 93.5. The molecule has 71 heavy (non-hydrogen) atoms. The number of piperidine rings is 5. The highest BCUT2D eigenvalue weighted by molar-refractivity contribution is 6.09. The molecule has 9 heterocycles. The second kappa shape index (κ2) is 18.6. The van der Waals surface area contributed by atoms with Crippen LogP contribution in [-0.2, 0) is 29.4 Å². The minimum Gasteiger partial charge on any atom is -0.366 e. The molecule has 2 saturated carbocycles. The van der Waals surface area contributed by atoms with Gasteiger partial charge >= 0.3 is 0 Å². The number of rotatable bonds is 10. The first-order valence-corrected chi connectivity index (χ1v) is 27.0. The van der Waals surface area contributed by atoms with E-state index in [0.717, 1.165) is 102 Å². The van der Waals surface area contributed by atoms with Gasteiger partial charge in [0.15, 0.2) is 5.82 Å². The van der Waals surface area contributed by atoms with Crippen molar-refractivity contribution in [1.82, 2.24) is 39.5 Å². The molecule has 0 radical (unpaired) electrons. The fourth-order valence-electron chi connectivity index (χ4n) is 13.2. The normalized spacial score (nSPS) is 26.3. The van der Waals surface area contributed by atoms with E-state index in [9.17, 15) is 19.2 Å². The highest BCUT2D eigenvalue weighted by atomic mass is 16.2. The van der Waals surface area contributed by atoms with Gasteiger partial charge in [-0.2, -0.15) is 0 Å². The van der Waals surface area contributed by atoms with Crippen LogP contribution in [0.2, 0.25) is 0 Å². The van der Waals surface area contributed by atoms with Crippen molar-refractivity contribution in [3.8, 4) is 11.3 Å². The monoisotopic (exact) mass is 964 g/mol. The number of hydrogen-bond acceptors (Lipinski definition) is 11. The predicted octanol–water partition coefficient (Wildman–Crippen LogP) is 6.55. The van der Waals surface area contributed by atoms with Crippen molar-refractivity contribution < 1.29 is 24.0 Å². The number of likely N-dealkylation sites (tertiary alicyclic amines) is 3. The molecule has 374 valence electrons. The standard InChI is InChI=1S/C55H69N11O5/c1-34(2)65-33-57-45-30-44(59-50(49(45)65)58-39-10-11-39)36-8-13-43-46(27-36)66(41-28-40(29-41)61-20-4-3-5-21-61)54(71)55(43)18-25-63(26-19-55)53(70)38-7-6-22-64(32-38)52(69)35-16-23-62(24-17-35)47-14-9-37(31-56-47)42-12-15-48(67)60-51(42)68/h8-9,13-14,27,30-31,33-35,38-42H,3-7,10-12,15-26,28-29,32H2,1-2H3,(H,58,59)(H,60,67,68)/t38?,40-,41+,42?. The Morgan fingerprint density at radius 1 is 0.775 bits per heavy atom. The van der Waals surface area contributed by atoms with Gasteiger partial charge in [0.05, 0.1) is 34.8 Å². The van der Waals surface area contributed by atoms with Crippen LogP contribution >= 0.6 is 0 Å². The molecule has 6 aliphatic heterocycles. The van der Waals surface area contributed by atoms with Crippen molar-refractivity contribution in [3.05, 3.63) is 60.0 Å². The number of hydrogen-bond donors (Lipinski definition) is 2. The number of pyridine rings is 2. The van der Waals surface area contributed by atoms with E-state index < -0.39 is 5.41 Å². The molecule has 0 bridgehead atoms. The first-order valence-electron chi connectivity index (χ1n) is 27.0. The molecule has 7 fully saturated rings.